The van der Waals surface area contributed by atoms with E-state index in [1.807, 2.05) is 6.08 Å². The summed E-state index contributed by atoms with van der Waals surface area (Å²) < 4.78 is 5.38. The minimum absolute atomic E-state index is 0.0415. The molecule has 0 heterocycles. The first-order valence-electron chi connectivity index (χ1n) is 14.9. The van der Waals surface area contributed by atoms with Crippen molar-refractivity contribution in [3.05, 3.63) is 47.6 Å². The van der Waals surface area contributed by atoms with Gasteiger partial charge in [0.05, 0.1) is 18.8 Å². The third-order valence-corrected chi connectivity index (χ3v) is 10.0. The largest absolute Gasteiger partial charge is 0.465 e. The molecule has 6 atom stereocenters. The van der Waals surface area contributed by atoms with E-state index in [9.17, 15) is 19.8 Å². The number of ether oxygens (including phenoxy) is 1. The summed E-state index contributed by atoms with van der Waals surface area (Å²) in [5, 5.41) is 20.4. The van der Waals surface area contributed by atoms with Gasteiger partial charge in [-0.05, 0) is 94.1 Å². The van der Waals surface area contributed by atoms with Crippen molar-refractivity contribution in [1.29, 1.82) is 0 Å². The molecule has 3 aliphatic rings. The molecular formula is C33H51NO5. The lowest BCUT2D eigenvalue weighted by Crippen LogP contribution is -2.57. The van der Waals surface area contributed by atoms with Gasteiger partial charge in [0.1, 0.15) is 5.41 Å². The third-order valence-electron chi connectivity index (χ3n) is 10.0. The van der Waals surface area contributed by atoms with Gasteiger partial charge in [0, 0.05) is 5.54 Å². The first-order chi connectivity index (χ1) is 18.3. The van der Waals surface area contributed by atoms with Gasteiger partial charge >= 0.3 is 5.97 Å². The number of carbonyl (C=O) groups excluding carboxylic acids is 2. The molecule has 3 fully saturated rings. The van der Waals surface area contributed by atoms with E-state index in [2.05, 4.69) is 39.5 Å². The molecule has 39 heavy (non-hydrogen) atoms. The highest BCUT2D eigenvalue weighted by Crippen LogP contribution is 2.60. The van der Waals surface area contributed by atoms with Gasteiger partial charge < -0.3 is 20.7 Å². The van der Waals surface area contributed by atoms with Gasteiger partial charge in [0.15, 0.2) is 5.78 Å². The number of rotatable bonds is 10. The fraction of sp³-hybridized carbons (Fsp3) is 0.697. The summed E-state index contributed by atoms with van der Waals surface area (Å²) in [6.45, 7) is 13.9. The van der Waals surface area contributed by atoms with Crippen LogP contribution in [0.3, 0.4) is 0 Å². The Bertz CT molecular complexity index is 1010. The van der Waals surface area contributed by atoms with Crippen molar-refractivity contribution in [1.82, 2.24) is 0 Å². The van der Waals surface area contributed by atoms with Gasteiger partial charge in [0.2, 0.25) is 0 Å². The van der Waals surface area contributed by atoms with Crippen LogP contribution in [0.5, 0.6) is 0 Å². The minimum Gasteiger partial charge on any atom is -0.465 e. The highest BCUT2D eigenvalue weighted by Gasteiger charge is 2.58. The third kappa shape index (κ3) is 6.49. The predicted octanol–water partition coefficient (Wildman–Crippen LogP) is 5.73. The van der Waals surface area contributed by atoms with Crippen LogP contribution in [0.4, 0.5) is 0 Å². The van der Waals surface area contributed by atoms with E-state index >= 15 is 0 Å². The first-order valence-corrected chi connectivity index (χ1v) is 14.9. The Morgan fingerprint density at radius 3 is 2.49 bits per heavy atom. The summed E-state index contributed by atoms with van der Waals surface area (Å²) in [6, 6.07) is 0. The maximum absolute atomic E-state index is 13.1. The number of allylic oxidation sites excluding steroid dienone is 4. The van der Waals surface area contributed by atoms with E-state index in [1.165, 1.54) is 5.57 Å². The molecule has 0 aromatic carbocycles. The van der Waals surface area contributed by atoms with Crippen molar-refractivity contribution < 1.29 is 24.5 Å². The summed E-state index contributed by atoms with van der Waals surface area (Å²) in [5.74, 6) is -0.425. The van der Waals surface area contributed by atoms with Crippen LogP contribution in [0, 0.1) is 22.7 Å². The molecule has 3 saturated carbocycles. The van der Waals surface area contributed by atoms with E-state index < -0.39 is 29.1 Å². The van der Waals surface area contributed by atoms with E-state index in [4.69, 9.17) is 10.5 Å². The number of aliphatic hydroxyl groups excluding tert-OH is 2. The van der Waals surface area contributed by atoms with E-state index in [0.29, 0.717) is 30.9 Å². The number of carbonyl (C=O) groups is 2. The van der Waals surface area contributed by atoms with Crippen LogP contribution in [-0.4, -0.2) is 46.3 Å². The molecule has 4 N–H and O–H groups in total. The van der Waals surface area contributed by atoms with Crippen molar-refractivity contribution in [2.45, 2.75) is 117 Å². The Labute approximate surface area is 235 Å². The van der Waals surface area contributed by atoms with E-state index in [-0.39, 0.29) is 17.1 Å². The molecule has 0 aromatic heterocycles. The van der Waals surface area contributed by atoms with Crippen LogP contribution >= 0.6 is 0 Å². The molecule has 3 aliphatic carbocycles. The maximum atomic E-state index is 13.1. The Morgan fingerprint density at radius 1 is 1.18 bits per heavy atom. The predicted molar refractivity (Wildman–Crippen MR) is 156 cm³/mol. The van der Waals surface area contributed by atoms with Crippen LogP contribution in [0.25, 0.3) is 0 Å². The van der Waals surface area contributed by atoms with Crippen molar-refractivity contribution in [2.24, 2.45) is 28.4 Å². The minimum atomic E-state index is -1.23. The Morgan fingerprint density at radius 2 is 1.85 bits per heavy atom. The summed E-state index contributed by atoms with van der Waals surface area (Å²) in [7, 11) is 0. The van der Waals surface area contributed by atoms with Crippen LogP contribution < -0.4 is 5.73 Å². The first kappa shape index (κ1) is 31.5. The van der Waals surface area contributed by atoms with Crippen molar-refractivity contribution >= 4 is 11.8 Å². The molecule has 0 bridgehead atoms. The lowest BCUT2D eigenvalue weighted by molar-refractivity contribution is -0.157. The number of esters is 1. The van der Waals surface area contributed by atoms with Crippen molar-refractivity contribution in [3.8, 4) is 0 Å². The number of hydrogen-bond acceptors (Lipinski definition) is 6. The molecule has 6 heteroatoms. The molecule has 0 aromatic rings. The summed E-state index contributed by atoms with van der Waals surface area (Å²) in [5.41, 5.74) is 8.33. The molecule has 3 rings (SSSR count). The average Bonchev–Trinajstić information content (AvgIpc) is 3.18. The summed E-state index contributed by atoms with van der Waals surface area (Å²) in [4.78, 5) is 25.6. The van der Waals surface area contributed by atoms with Gasteiger partial charge in [-0.3, -0.25) is 9.59 Å². The number of unbranched alkanes of at least 4 members (excludes halogenated alkanes) is 2. The fourth-order valence-corrected chi connectivity index (χ4v) is 6.93. The lowest BCUT2D eigenvalue weighted by atomic mass is 9.57. The van der Waals surface area contributed by atoms with Gasteiger partial charge in [-0.1, -0.05) is 69.6 Å². The van der Waals surface area contributed by atoms with Gasteiger partial charge in [-0.2, -0.15) is 0 Å². The van der Waals surface area contributed by atoms with Crippen LogP contribution in [0.2, 0.25) is 0 Å². The Kier molecular flexibility index (Phi) is 10.2. The lowest BCUT2D eigenvalue weighted by Gasteiger charge is -2.50. The number of aliphatic hydroxyl groups is 2. The molecule has 0 aliphatic heterocycles. The van der Waals surface area contributed by atoms with Crippen LogP contribution in [0.15, 0.2) is 47.6 Å². The van der Waals surface area contributed by atoms with Crippen molar-refractivity contribution in [3.63, 3.8) is 0 Å². The van der Waals surface area contributed by atoms with Crippen LogP contribution in [-0.2, 0) is 14.3 Å². The topological polar surface area (TPSA) is 110 Å². The fourth-order valence-electron chi connectivity index (χ4n) is 6.93. The molecule has 0 saturated heterocycles. The molecule has 218 valence electrons. The quantitative estimate of drug-likeness (QED) is 0.107. The Balaban J connectivity index is 1.71. The van der Waals surface area contributed by atoms with Gasteiger partial charge in [-0.15, -0.1) is 0 Å². The Hall–Kier alpha value is -2.02. The molecule has 0 spiro atoms. The molecular weight excluding hydrogens is 490 g/mol. The van der Waals surface area contributed by atoms with Crippen molar-refractivity contribution in [2.75, 3.05) is 6.61 Å². The zero-order chi connectivity index (χ0) is 29.0. The van der Waals surface area contributed by atoms with Gasteiger partial charge in [-0.25, -0.2) is 0 Å². The summed E-state index contributed by atoms with van der Waals surface area (Å²) in [6.07, 6.45) is 15.2. The number of fused-ring (bicyclic) bond motifs is 1. The maximum Gasteiger partial charge on any atom is 0.319 e. The second-order valence-corrected chi connectivity index (χ2v) is 13.0. The standard InChI is InChI=1S/C33H51NO5/c1-7-8-9-19-39-30(38)31(4,5)29(37)15-12-22(2)33(34)18-16-26-25(11-10-17-32(26,33)6)14-13-24-20-27(35)23(3)28(36)21-24/h12-15,22,26-28,35-36H,3,7-11,16-21,34H2,1-2,4-6H3/b15-12+,24-13?,25-14+/t22-,26+,27-,28?,32+,33+/m1/s1. The van der Waals surface area contributed by atoms with E-state index in [1.54, 1.807) is 19.9 Å². The molecule has 6 nitrogen and oxygen atoms in total. The monoisotopic (exact) mass is 541 g/mol. The summed E-state index contributed by atoms with van der Waals surface area (Å²) >= 11 is 0. The van der Waals surface area contributed by atoms with E-state index in [0.717, 1.165) is 56.9 Å². The van der Waals surface area contributed by atoms with Gasteiger partial charge in [0.25, 0.3) is 0 Å². The number of nitrogens with two attached hydrogens (primary N) is 1. The number of hydrogen-bond donors (Lipinski definition) is 3. The average molecular weight is 542 g/mol. The second kappa shape index (κ2) is 12.7. The zero-order valence-corrected chi connectivity index (χ0v) is 24.8. The smallest absolute Gasteiger partial charge is 0.319 e. The molecule has 0 amide bonds. The number of ketones is 1. The highest BCUT2D eigenvalue weighted by atomic mass is 16.5. The SMILES string of the molecule is C=C1C(O)CC(=C/C=C2\CCC[C@@]3(C)[C@H]2CC[C@]3(N)[C@H](C)/C=C/C(=O)C(C)(C)C(=O)OCCCCC)C[C@H]1O. The second-order valence-electron chi connectivity index (χ2n) is 13.0. The normalized spacial score (nSPS) is 34.5. The zero-order valence-electron chi connectivity index (χ0n) is 24.8. The molecule has 0 radical (unpaired) electrons. The molecule has 1 unspecified atom stereocenters. The highest BCUT2D eigenvalue weighted by molar-refractivity contribution is 6.08. The van der Waals surface area contributed by atoms with Crippen LogP contribution in [0.1, 0.15) is 98.8 Å².